The van der Waals surface area contributed by atoms with Gasteiger partial charge in [0.2, 0.25) is 15.9 Å². The molecule has 168 valence electrons. The smallest absolute Gasteiger partial charge is 0.243 e. The molecule has 8 nitrogen and oxygen atoms in total. The van der Waals surface area contributed by atoms with Crippen molar-refractivity contribution in [3.63, 3.8) is 0 Å². The molecule has 31 heavy (non-hydrogen) atoms. The summed E-state index contributed by atoms with van der Waals surface area (Å²) in [5.41, 5.74) is 2.30. The largest absolute Gasteiger partial charge is 0.495 e. The number of benzene rings is 2. The molecule has 2 N–H and O–H groups in total. The van der Waals surface area contributed by atoms with Gasteiger partial charge >= 0.3 is 0 Å². The fraction of sp³-hybridized carbons (Fsp3) is 0.409. The van der Waals surface area contributed by atoms with E-state index in [1.165, 1.54) is 58.7 Å². The average Bonchev–Trinajstić information content (AvgIpc) is 2.78. The van der Waals surface area contributed by atoms with Crippen molar-refractivity contribution >= 4 is 33.0 Å². The van der Waals surface area contributed by atoms with E-state index in [0.29, 0.717) is 11.4 Å². The lowest BCUT2D eigenvalue weighted by molar-refractivity contribution is -0.114. The molecule has 0 aliphatic carbocycles. The lowest BCUT2D eigenvalue weighted by Gasteiger charge is -2.30. The van der Waals surface area contributed by atoms with Crippen molar-refractivity contribution in [3.05, 3.63) is 42.5 Å². The normalized spacial score (nSPS) is 14.4. The van der Waals surface area contributed by atoms with Crippen molar-refractivity contribution in [1.82, 2.24) is 4.31 Å². The number of methoxy groups -OCH3 is 1. The van der Waals surface area contributed by atoms with Crippen molar-refractivity contribution in [2.24, 2.45) is 0 Å². The number of carbonyl (C=O) groups is 1. The molecule has 2 aromatic carbocycles. The first kappa shape index (κ1) is 22.9. The number of piperidine rings is 1. The van der Waals surface area contributed by atoms with Crippen molar-refractivity contribution in [2.45, 2.75) is 24.2 Å². The molecule has 0 radical (unpaired) electrons. The van der Waals surface area contributed by atoms with Gasteiger partial charge in [-0.05, 0) is 49.6 Å². The van der Waals surface area contributed by atoms with Gasteiger partial charge in [-0.25, -0.2) is 12.7 Å². The molecule has 3 rings (SSSR count). The molecule has 1 saturated heterocycles. The summed E-state index contributed by atoms with van der Waals surface area (Å²) in [6, 6.07) is 12.4. The van der Waals surface area contributed by atoms with E-state index in [1.54, 1.807) is 0 Å². The number of hydrogen-bond donors (Lipinski definition) is 2. The van der Waals surface area contributed by atoms with E-state index < -0.39 is 10.0 Å². The average molecular weight is 447 g/mol. The maximum absolute atomic E-state index is 12.6. The van der Waals surface area contributed by atoms with Gasteiger partial charge in [0.05, 0.1) is 35.6 Å². The Morgan fingerprint density at radius 3 is 2.45 bits per heavy atom. The molecule has 1 heterocycles. The lowest BCUT2D eigenvalue weighted by atomic mass is 10.1. The first-order valence-corrected chi connectivity index (χ1v) is 11.7. The molecule has 2 aromatic rings. The Balaban J connectivity index is 1.72. The van der Waals surface area contributed by atoms with Gasteiger partial charge in [-0.3, -0.25) is 4.79 Å². The minimum Gasteiger partial charge on any atom is -0.495 e. The van der Waals surface area contributed by atoms with Crippen LogP contribution in [0.15, 0.2) is 47.4 Å². The summed E-state index contributed by atoms with van der Waals surface area (Å²) >= 11 is 0. The van der Waals surface area contributed by atoms with E-state index >= 15 is 0 Å². The molecule has 1 amide bonds. The molecule has 9 heteroatoms. The highest BCUT2D eigenvalue weighted by Gasteiger charge is 2.20. The molecule has 0 aromatic heterocycles. The number of para-hydroxylation sites is 2. The lowest BCUT2D eigenvalue weighted by Crippen LogP contribution is -2.30. The molecule has 0 unspecified atom stereocenters. The van der Waals surface area contributed by atoms with Crippen LogP contribution < -0.4 is 20.3 Å². The van der Waals surface area contributed by atoms with Gasteiger partial charge in [0.25, 0.3) is 0 Å². The molecular weight excluding hydrogens is 416 g/mol. The van der Waals surface area contributed by atoms with E-state index in [-0.39, 0.29) is 17.3 Å². The second kappa shape index (κ2) is 10.0. The quantitative estimate of drug-likeness (QED) is 0.648. The topological polar surface area (TPSA) is 91.0 Å². The van der Waals surface area contributed by atoms with Crippen LogP contribution in [0.3, 0.4) is 0 Å². The summed E-state index contributed by atoms with van der Waals surface area (Å²) in [5, 5.41) is 5.97. The fourth-order valence-corrected chi connectivity index (χ4v) is 4.49. The highest BCUT2D eigenvalue weighted by Crippen LogP contribution is 2.30. The van der Waals surface area contributed by atoms with Crippen LogP contribution in [0.4, 0.5) is 17.1 Å². The van der Waals surface area contributed by atoms with Crippen LogP contribution in [0.5, 0.6) is 5.75 Å². The zero-order valence-corrected chi connectivity index (χ0v) is 19.0. The minimum atomic E-state index is -3.63. The summed E-state index contributed by atoms with van der Waals surface area (Å²) in [6.45, 7) is 2.06. The first-order valence-electron chi connectivity index (χ1n) is 10.3. The maximum Gasteiger partial charge on any atom is 0.243 e. The third-order valence-electron chi connectivity index (χ3n) is 5.26. The monoisotopic (exact) mass is 446 g/mol. The highest BCUT2D eigenvalue weighted by atomic mass is 32.2. The summed E-state index contributed by atoms with van der Waals surface area (Å²) in [4.78, 5) is 15.0. The Labute approximate surface area is 184 Å². The summed E-state index contributed by atoms with van der Waals surface area (Å²) in [6.07, 6.45) is 3.58. The number of sulfonamides is 1. The number of rotatable bonds is 8. The molecule has 1 aliphatic heterocycles. The first-order chi connectivity index (χ1) is 14.8. The van der Waals surface area contributed by atoms with E-state index in [9.17, 15) is 13.2 Å². The predicted molar refractivity (Wildman–Crippen MR) is 123 cm³/mol. The third kappa shape index (κ3) is 5.48. The summed E-state index contributed by atoms with van der Waals surface area (Å²) in [7, 11) is 0.762. The Morgan fingerprint density at radius 1 is 1.06 bits per heavy atom. The van der Waals surface area contributed by atoms with Gasteiger partial charge in [-0.15, -0.1) is 0 Å². The second-order valence-electron chi connectivity index (χ2n) is 7.62. The summed E-state index contributed by atoms with van der Waals surface area (Å²) in [5.74, 6) is 0.0888. The Bertz CT molecular complexity index is 1020. The van der Waals surface area contributed by atoms with Gasteiger partial charge in [0, 0.05) is 27.2 Å². The third-order valence-corrected chi connectivity index (χ3v) is 7.07. The van der Waals surface area contributed by atoms with Crippen molar-refractivity contribution in [1.29, 1.82) is 0 Å². The number of nitrogens with one attached hydrogen (secondary N) is 2. The molecule has 1 fully saturated rings. The van der Waals surface area contributed by atoms with Gasteiger partial charge in [0.15, 0.2) is 0 Å². The maximum atomic E-state index is 12.6. The van der Waals surface area contributed by atoms with Crippen LogP contribution in [0.1, 0.15) is 19.3 Å². The van der Waals surface area contributed by atoms with Crippen LogP contribution in [0.2, 0.25) is 0 Å². The van der Waals surface area contributed by atoms with Crippen molar-refractivity contribution < 1.29 is 17.9 Å². The van der Waals surface area contributed by atoms with E-state index in [1.807, 2.05) is 18.2 Å². The second-order valence-corrected chi connectivity index (χ2v) is 9.77. The molecule has 0 spiro atoms. The van der Waals surface area contributed by atoms with Gasteiger partial charge in [0.1, 0.15) is 5.75 Å². The Morgan fingerprint density at radius 2 is 1.77 bits per heavy atom. The Kier molecular flexibility index (Phi) is 7.40. The van der Waals surface area contributed by atoms with Gasteiger partial charge in [-0.2, -0.15) is 0 Å². The standard InChI is InChI=1S/C22H30N4O4S/c1-25(2)31(28,29)17-11-12-21(30-3)19(15-17)24-22(27)16-23-18-9-5-6-10-20(18)26-13-7-4-8-14-26/h5-6,9-12,15,23H,4,7-8,13-14,16H2,1-3H3,(H,24,27). The fourth-order valence-electron chi connectivity index (χ4n) is 3.56. The van der Waals surface area contributed by atoms with Crippen LogP contribution in [-0.4, -0.2) is 59.5 Å². The van der Waals surface area contributed by atoms with Crippen LogP contribution >= 0.6 is 0 Å². The molecular formula is C22H30N4O4S. The number of carbonyl (C=O) groups excluding carboxylic acids is 1. The van der Waals surface area contributed by atoms with Crippen LogP contribution in [-0.2, 0) is 14.8 Å². The molecule has 0 saturated carbocycles. The van der Waals surface area contributed by atoms with Gasteiger partial charge < -0.3 is 20.3 Å². The van der Waals surface area contributed by atoms with Crippen LogP contribution in [0.25, 0.3) is 0 Å². The van der Waals surface area contributed by atoms with E-state index in [0.717, 1.165) is 28.8 Å². The van der Waals surface area contributed by atoms with E-state index in [2.05, 4.69) is 21.6 Å². The molecule has 1 aliphatic rings. The molecule has 0 atom stereocenters. The number of ether oxygens (including phenoxy) is 1. The summed E-state index contributed by atoms with van der Waals surface area (Å²) < 4.78 is 31.3. The zero-order chi connectivity index (χ0) is 22.4. The van der Waals surface area contributed by atoms with Crippen molar-refractivity contribution in [2.75, 3.05) is 56.4 Å². The zero-order valence-electron chi connectivity index (χ0n) is 18.2. The number of hydrogen-bond acceptors (Lipinski definition) is 6. The number of anilines is 3. The number of amides is 1. The van der Waals surface area contributed by atoms with Crippen LogP contribution in [0, 0.1) is 0 Å². The van der Waals surface area contributed by atoms with Crippen molar-refractivity contribution in [3.8, 4) is 5.75 Å². The molecule has 0 bridgehead atoms. The van der Waals surface area contributed by atoms with Gasteiger partial charge in [-0.1, -0.05) is 12.1 Å². The predicted octanol–water partition coefficient (Wildman–Crippen LogP) is 2.99. The highest BCUT2D eigenvalue weighted by molar-refractivity contribution is 7.89. The number of nitrogens with zero attached hydrogens (tertiary/aromatic N) is 2. The Hall–Kier alpha value is -2.78. The van der Waals surface area contributed by atoms with E-state index in [4.69, 9.17) is 4.74 Å². The minimum absolute atomic E-state index is 0.0403. The SMILES string of the molecule is COc1ccc(S(=O)(=O)N(C)C)cc1NC(=O)CNc1ccccc1N1CCCCC1.